The van der Waals surface area contributed by atoms with E-state index < -0.39 is 0 Å². The Hall–Kier alpha value is -0.490. The molecule has 114 valence electrons. The van der Waals surface area contributed by atoms with Crippen molar-refractivity contribution in [2.45, 2.75) is 45.7 Å². The monoisotopic (exact) mass is 297 g/mol. The lowest BCUT2D eigenvalue weighted by Crippen LogP contribution is -2.18. The third kappa shape index (κ3) is 4.81. The Morgan fingerprint density at radius 1 is 1.35 bits per heavy atom. The van der Waals surface area contributed by atoms with E-state index in [2.05, 4.69) is 17.1 Å². The molecule has 0 bridgehead atoms. The summed E-state index contributed by atoms with van der Waals surface area (Å²) in [7, 11) is 1.74. The molecule has 0 aromatic carbocycles. The molecule has 1 aromatic rings. The van der Waals surface area contributed by atoms with E-state index in [-0.39, 0.29) is 0 Å². The summed E-state index contributed by atoms with van der Waals surface area (Å²) in [5, 5.41) is 4.73. The number of nitrogens with zero attached hydrogens (tertiary/aromatic N) is 2. The van der Waals surface area contributed by atoms with Crippen LogP contribution < -0.4 is 5.32 Å². The highest BCUT2D eigenvalue weighted by Crippen LogP contribution is 2.22. The van der Waals surface area contributed by atoms with Crippen LogP contribution >= 0.6 is 11.3 Å². The summed E-state index contributed by atoms with van der Waals surface area (Å²) in [5.41, 5.74) is 1.30. The van der Waals surface area contributed by atoms with Crippen LogP contribution in [0.4, 0.5) is 0 Å². The molecule has 0 unspecified atom stereocenters. The number of aromatic nitrogens is 1. The van der Waals surface area contributed by atoms with Crippen LogP contribution in [0.3, 0.4) is 0 Å². The van der Waals surface area contributed by atoms with Crippen LogP contribution in [0.15, 0.2) is 0 Å². The molecule has 2 heterocycles. The van der Waals surface area contributed by atoms with Crippen molar-refractivity contribution in [2.75, 3.05) is 33.4 Å². The third-order valence-corrected chi connectivity index (χ3v) is 4.72. The number of thiazole rings is 1. The highest BCUT2D eigenvalue weighted by atomic mass is 32.1. The molecule has 1 N–H and O–H groups in total. The Labute approximate surface area is 126 Å². The summed E-state index contributed by atoms with van der Waals surface area (Å²) in [6.07, 6.45) is 4.95. The van der Waals surface area contributed by atoms with E-state index in [1.54, 1.807) is 7.11 Å². The summed E-state index contributed by atoms with van der Waals surface area (Å²) >= 11 is 1.89. The first-order valence-corrected chi connectivity index (χ1v) is 8.54. The van der Waals surface area contributed by atoms with Gasteiger partial charge in [0.1, 0.15) is 5.01 Å². The molecule has 0 saturated carbocycles. The van der Waals surface area contributed by atoms with E-state index in [0.29, 0.717) is 0 Å². The molecular weight excluding hydrogens is 270 g/mol. The second kappa shape index (κ2) is 8.72. The van der Waals surface area contributed by atoms with Gasteiger partial charge in [0.25, 0.3) is 0 Å². The van der Waals surface area contributed by atoms with Crippen LogP contribution in [0.25, 0.3) is 0 Å². The zero-order valence-corrected chi connectivity index (χ0v) is 13.6. The molecule has 0 atom stereocenters. The zero-order valence-electron chi connectivity index (χ0n) is 12.8. The molecule has 0 amide bonds. The topological polar surface area (TPSA) is 37.4 Å². The lowest BCUT2D eigenvalue weighted by atomic mass is 10.2. The average molecular weight is 297 g/mol. The molecule has 4 nitrogen and oxygen atoms in total. The second-order valence-electron chi connectivity index (χ2n) is 5.38. The molecule has 0 radical (unpaired) electrons. The first-order chi connectivity index (χ1) is 9.83. The second-order valence-corrected chi connectivity index (χ2v) is 6.55. The molecular formula is C15H27N3OS. The molecule has 1 fully saturated rings. The lowest BCUT2D eigenvalue weighted by molar-refractivity contribution is 0.199. The number of hydrogen-bond donors (Lipinski definition) is 1. The van der Waals surface area contributed by atoms with E-state index >= 15 is 0 Å². The SMILES string of the molecule is CCCc1nc(CN2CCCC2)sc1CNCCOC. The first-order valence-electron chi connectivity index (χ1n) is 7.73. The first kappa shape index (κ1) is 15.9. The van der Waals surface area contributed by atoms with Crippen LogP contribution in [0, 0.1) is 0 Å². The quantitative estimate of drug-likeness (QED) is 0.710. The number of ether oxygens (including phenoxy) is 1. The molecule has 1 aliphatic rings. The molecule has 1 aromatic heterocycles. The predicted molar refractivity (Wildman–Crippen MR) is 84.2 cm³/mol. The van der Waals surface area contributed by atoms with Crippen molar-refractivity contribution in [1.82, 2.24) is 15.2 Å². The fourth-order valence-electron chi connectivity index (χ4n) is 2.58. The predicted octanol–water partition coefficient (Wildman–Crippen LogP) is 2.43. The highest BCUT2D eigenvalue weighted by Gasteiger charge is 2.16. The maximum atomic E-state index is 5.07. The van der Waals surface area contributed by atoms with Gasteiger partial charge in [0, 0.05) is 25.1 Å². The molecule has 5 heteroatoms. The minimum atomic E-state index is 0.766. The van der Waals surface area contributed by atoms with Crippen molar-refractivity contribution in [3.63, 3.8) is 0 Å². The van der Waals surface area contributed by atoms with Crippen molar-refractivity contribution < 1.29 is 4.74 Å². The van der Waals surface area contributed by atoms with Gasteiger partial charge in [-0.3, -0.25) is 4.90 Å². The van der Waals surface area contributed by atoms with E-state index in [0.717, 1.165) is 39.1 Å². The summed E-state index contributed by atoms with van der Waals surface area (Å²) in [4.78, 5) is 8.81. The summed E-state index contributed by atoms with van der Waals surface area (Å²) in [6.45, 7) is 8.34. The minimum absolute atomic E-state index is 0.766. The third-order valence-electron chi connectivity index (χ3n) is 3.64. The number of nitrogens with one attached hydrogen (secondary N) is 1. The van der Waals surface area contributed by atoms with Gasteiger partial charge in [0.05, 0.1) is 18.8 Å². The number of methoxy groups -OCH3 is 1. The van der Waals surface area contributed by atoms with Gasteiger partial charge in [-0.05, 0) is 32.4 Å². The molecule has 1 aliphatic heterocycles. The number of hydrogen-bond acceptors (Lipinski definition) is 5. The summed E-state index contributed by atoms with van der Waals surface area (Å²) < 4.78 is 5.07. The van der Waals surface area contributed by atoms with Crippen LogP contribution in [-0.2, 0) is 24.2 Å². The Morgan fingerprint density at radius 3 is 2.85 bits per heavy atom. The van der Waals surface area contributed by atoms with Crippen molar-refractivity contribution in [3.05, 3.63) is 15.6 Å². The molecule has 0 spiro atoms. The smallest absolute Gasteiger partial charge is 0.107 e. The zero-order chi connectivity index (χ0) is 14.2. The normalized spacial score (nSPS) is 16.1. The fourth-order valence-corrected chi connectivity index (χ4v) is 3.71. The largest absolute Gasteiger partial charge is 0.383 e. The molecule has 0 aliphatic carbocycles. The minimum Gasteiger partial charge on any atom is -0.383 e. The van der Waals surface area contributed by atoms with Gasteiger partial charge in [-0.2, -0.15) is 0 Å². The maximum Gasteiger partial charge on any atom is 0.107 e. The lowest BCUT2D eigenvalue weighted by Gasteiger charge is -2.11. The van der Waals surface area contributed by atoms with Crippen molar-refractivity contribution in [1.29, 1.82) is 0 Å². The average Bonchev–Trinajstić information content (AvgIpc) is 3.06. The van der Waals surface area contributed by atoms with Gasteiger partial charge >= 0.3 is 0 Å². The van der Waals surface area contributed by atoms with Gasteiger partial charge in [0.2, 0.25) is 0 Å². The van der Waals surface area contributed by atoms with Gasteiger partial charge in [-0.15, -0.1) is 11.3 Å². The van der Waals surface area contributed by atoms with Gasteiger partial charge in [0.15, 0.2) is 0 Å². The van der Waals surface area contributed by atoms with Crippen molar-refractivity contribution >= 4 is 11.3 Å². The Bertz CT molecular complexity index is 388. The molecule has 20 heavy (non-hydrogen) atoms. The van der Waals surface area contributed by atoms with Crippen molar-refractivity contribution in [2.24, 2.45) is 0 Å². The summed E-state index contributed by atoms with van der Waals surface area (Å²) in [6, 6.07) is 0. The van der Waals surface area contributed by atoms with Gasteiger partial charge in [-0.25, -0.2) is 4.98 Å². The number of rotatable bonds is 9. The standard InChI is InChI=1S/C15H27N3OS/c1-3-6-13-14(11-16-7-10-19-2)20-15(17-13)12-18-8-4-5-9-18/h16H,3-12H2,1-2H3. The molecule has 2 rings (SSSR count). The van der Waals surface area contributed by atoms with E-state index in [9.17, 15) is 0 Å². The van der Waals surface area contributed by atoms with Crippen LogP contribution in [-0.4, -0.2) is 43.2 Å². The van der Waals surface area contributed by atoms with Crippen LogP contribution in [0.2, 0.25) is 0 Å². The number of likely N-dealkylation sites (tertiary alicyclic amines) is 1. The number of aryl methyl sites for hydroxylation is 1. The van der Waals surface area contributed by atoms with E-state index in [4.69, 9.17) is 9.72 Å². The van der Waals surface area contributed by atoms with E-state index in [1.165, 1.54) is 41.5 Å². The summed E-state index contributed by atoms with van der Waals surface area (Å²) in [5.74, 6) is 0. The van der Waals surface area contributed by atoms with E-state index in [1.807, 2.05) is 11.3 Å². The van der Waals surface area contributed by atoms with Crippen molar-refractivity contribution in [3.8, 4) is 0 Å². The molecule has 1 saturated heterocycles. The van der Waals surface area contributed by atoms with Crippen LogP contribution in [0.5, 0.6) is 0 Å². The Kier molecular flexibility index (Phi) is 6.93. The fraction of sp³-hybridized carbons (Fsp3) is 0.800. The Morgan fingerprint density at radius 2 is 2.15 bits per heavy atom. The van der Waals surface area contributed by atoms with Gasteiger partial charge < -0.3 is 10.1 Å². The maximum absolute atomic E-state index is 5.07. The highest BCUT2D eigenvalue weighted by molar-refractivity contribution is 7.11. The van der Waals surface area contributed by atoms with Crippen LogP contribution in [0.1, 0.15) is 41.8 Å². The Balaban J connectivity index is 1.91. The van der Waals surface area contributed by atoms with Gasteiger partial charge in [-0.1, -0.05) is 13.3 Å².